The number of carbonyl (C=O) groups is 2. The highest BCUT2D eigenvalue weighted by Gasteiger charge is 2.54. The number of esters is 2. The molecule has 154 valence electrons. The molecule has 3 rings (SSSR count). The van der Waals surface area contributed by atoms with Gasteiger partial charge in [-0.2, -0.15) is 0 Å². The zero-order valence-electron chi connectivity index (χ0n) is 15.3. The number of phenolic OH excluding ortho intramolecular Hbond substituents is 2. The summed E-state index contributed by atoms with van der Waals surface area (Å²) in [5.41, 5.74) is -0.207. The first-order valence-corrected chi connectivity index (χ1v) is 8.81. The van der Waals surface area contributed by atoms with E-state index < -0.39 is 60.6 Å². The number of fused-ring (bicyclic) bond motifs is 3. The standard InChI is InChI=1S/C18H22O10/c1-3-4-10(21)27-16-12(22)9(6-19)26-15-11-7(18(24)28-17(15)16)5-8(20)14(25-2)13(11)23/h5,9,12,15-17,19-20,22-23H,3-4,6H2,1-2H3. The van der Waals surface area contributed by atoms with Crippen LogP contribution in [0, 0.1) is 0 Å². The van der Waals surface area contributed by atoms with E-state index in [-0.39, 0.29) is 23.3 Å². The van der Waals surface area contributed by atoms with E-state index in [2.05, 4.69) is 0 Å². The molecule has 0 aromatic heterocycles. The van der Waals surface area contributed by atoms with E-state index >= 15 is 0 Å². The second-order valence-corrected chi connectivity index (χ2v) is 6.58. The van der Waals surface area contributed by atoms with Crippen LogP contribution in [-0.4, -0.2) is 70.5 Å². The van der Waals surface area contributed by atoms with Crippen LogP contribution in [0.25, 0.3) is 0 Å². The van der Waals surface area contributed by atoms with E-state index in [0.29, 0.717) is 6.42 Å². The molecule has 5 atom stereocenters. The van der Waals surface area contributed by atoms with E-state index in [1.165, 1.54) is 7.11 Å². The van der Waals surface area contributed by atoms with Crippen molar-refractivity contribution in [1.29, 1.82) is 0 Å². The Labute approximate surface area is 160 Å². The first kappa shape index (κ1) is 20.2. The fraction of sp³-hybridized carbons (Fsp3) is 0.556. The average molecular weight is 398 g/mol. The first-order chi connectivity index (χ1) is 13.3. The molecule has 2 aliphatic heterocycles. The van der Waals surface area contributed by atoms with Crippen LogP contribution in [0.5, 0.6) is 17.2 Å². The number of hydrogen-bond donors (Lipinski definition) is 4. The summed E-state index contributed by atoms with van der Waals surface area (Å²) in [6.07, 6.45) is -5.77. The van der Waals surface area contributed by atoms with E-state index in [0.717, 1.165) is 6.07 Å². The molecule has 0 radical (unpaired) electrons. The van der Waals surface area contributed by atoms with Crippen LogP contribution in [0.3, 0.4) is 0 Å². The van der Waals surface area contributed by atoms with Crippen LogP contribution < -0.4 is 4.74 Å². The molecule has 0 bridgehead atoms. The summed E-state index contributed by atoms with van der Waals surface area (Å²) in [5, 5.41) is 40.5. The summed E-state index contributed by atoms with van der Waals surface area (Å²) in [4.78, 5) is 24.4. The highest BCUT2D eigenvalue weighted by Crippen LogP contribution is 2.50. The lowest BCUT2D eigenvalue weighted by atomic mass is 9.86. The van der Waals surface area contributed by atoms with Crippen LogP contribution in [0.15, 0.2) is 6.07 Å². The Morgan fingerprint density at radius 2 is 2.04 bits per heavy atom. The zero-order valence-corrected chi connectivity index (χ0v) is 15.3. The summed E-state index contributed by atoms with van der Waals surface area (Å²) in [6, 6.07) is 1.06. The van der Waals surface area contributed by atoms with Crippen molar-refractivity contribution in [3.8, 4) is 17.2 Å². The lowest BCUT2D eigenvalue weighted by Gasteiger charge is -2.45. The summed E-state index contributed by atoms with van der Waals surface area (Å²) in [6.45, 7) is 1.17. The van der Waals surface area contributed by atoms with Crippen LogP contribution in [0.4, 0.5) is 0 Å². The van der Waals surface area contributed by atoms with Gasteiger partial charge in [-0.25, -0.2) is 4.79 Å². The van der Waals surface area contributed by atoms with Gasteiger partial charge in [-0.15, -0.1) is 0 Å². The van der Waals surface area contributed by atoms with Gasteiger partial charge >= 0.3 is 11.9 Å². The fourth-order valence-electron chi connectivity index (χ4n) is 3.48. The minimum absolute atomic E-state index is 0.0437. The summed E-state index contributed by atoms with van der Waals surface area (Å²) in [7, 11) is 1.22. The SMILES string of the molecule is CCCC(=O)OC1C(O)C(CO)OC2c3c(cc(O)c(OC)c3O)C(=O)OC21. The van der Waals surface area contributed by atoms with E-state index in [1.54, 1.807) is 6.92 Å². The Kier molecular flexibility index (Phi) is 5.64. The van der Waals surface area contributed by atoms with Crippen LogP contribution >= 0.6 is 0 Å². The molecule has 0 aliphatic carbocycles. The lowest BCUT2D eigenvalue weighted by Crippen LogP contribution is -2.59. The molecule has 1 aromatic rings. The number of aliphatic hydroxyl groups excluding tert-OH is 2. The van der Waals surface area contributed by atoms with E-state index in [9.17, 15) is 30.0 Å². The molecule has 28 heavy (non-hydrogen) atoms. The molecule has 0 spiro atoms. The van der Waals surface area contributed by atoms with Gasteiger partial charge < -0.3 is 39.4 Å². The normalized spacial score (nSPS) is 28.7. The van der Waals surface area contributed by atoms with Crippen molar-refractivity contribution in [2.24, 2.45) is 0 Å². The van der Waals surface area contributed by atoms with Crippen molar-refractivity contribution in [1.82, 2.24) is 0 Å². The number of phenols is 2. The number of hydrogen-bond acceptors (Lipinski definition) is 10. The van der Waals surface area contributed by atoms with Gasteiger partial charge in [-0.1, -0.05) is 6.92 Å². The summed E-state index contributed by atoms with van der Waals surface area (Å²) < 4.78 is 21.2. The van der Waals surface area contributed by atoms with Gasteiger partial charge in [-0.05, 0) is 12.5 Å². The van der Waals surface area contributed by atoms with E-state index in [4.69, 9.17) is 18.9 Å². The third-order valence-electron chi connectivity index (χ3n) is 4.79. The largest absolute Gasteiger partial charge is 0.504 e. The van der Waals surface area contributed by atoms with Gasteiger partial charge in [-0.3, -0.25) is 4.79 Å². The Morgan fingerprint density at radius 3 is 2.64 bits per heavy atom. The van der Waals surface area contributed by atoms with Crippen LogP contribution in [0.1, 0.15) is 41.8 Å². The van der Waals surface area contributed by atoms with Crippen molar-refractivity contribution in [2.45, 2.75) is 50.3 Å². The second-order valence-electron chi connectivity index (χ2n) is 6.58. The zero-order chi connectivity index (χ0) is 20.6. The van der Waals surface area contributed by atoms with Gasteiger partial charge in [0.05, 0.1) is 19.3 Å². The van der Waals surface area contributed by atoms with E-state index in [1.807, 2.05) is 0 Å². The molecule has 0 amide bonds. The lowest BCUT2D eigenvalue weighted by molar-refractivity contribution is -0.244. The smallest absolute Gasteiger partial charge is 0.339 e. The third-order valence-corrected chi connectivity index (χ3v) is 4.79. The number of benzene rings is 1. The number of aromatic hydroxyl groups is 2. The van der Waals surface area contributed by atoms with Crippen LogP contribution in [-0.2, 0) is 19.0 Å². The quantitative estimate of drug-likeness (QED) is 0.504. The Hall–Kier alpha value is -2.56. The van der Waals surface area contributed by atoms with Crippen molar-refractivity contribution in [3.05, 3.63) is 17.2 Å². The predicted octanol–water partition coefficient (Wildman–Crippen LogP) is 0.150. The minimum atomic E-state index is -1.46. The molecule has 1 saturated heterocycles. The second kappa shape index (κ2) is 7.82. The first-order valence-electron chi connectivity index (χ1n) is 8.81. The molecule has 0 saturated carbocycles. The summed E-state index contributed by atoms with van der Waals surface area (Å²) >= 11 is 0. The molecule has 2 aliphatic rings. The maximum absolute atomic E-state index is 12.4. The van der Waals surface area contributed by atoms with Crippen molar-refractivity contribution in [3.63, 3.8) is 0 Å². The van der Waals surface area contributed by atoms with Gasteiger partial charge in [0.1, 0.15) is 18.3 Å². The predicted molar refractivity (Wildman–Crippen MR) is 91.0 cm³/mol. The Morgan fingerprint density at radius 1 is 1.32 bits per heavy atom. The Bertz CT molecular complexity index is 776. The maximum atomic E-state index is 12.4. The van der Waals surface area contributed by atoms with Gasteiger partial charge in [0.25, 0.3) is 0 Å². The highest BCUT2D eigenvalue weighted by molar-refractivity contribution is 5.95. The number of aliphatic hydroxyl groups is 2. The topological polar surface area (TPSA) is 152 Å². The number of rotatable bonds is 5. The maximum Gasteiger partial charge on any atom is 0.339 e. The monoisotopic (exact) mass is 398 g/mol. The molecule has 10 heteroatoms. The molecule has 4 N–H and O–H groups in total. The molecule has 1 fully saturated rings. The van der Waals surface area contributed by atoms with Crippen molar-refractivity contribution >= 4 is 11.9 Å². The molecule has 1 aromatic carbocycles. The minimum Gasteiger partial charge on any atom is -0.504 e. The highest BCUT2D eigenvalue weighted by atomic mass is 16.6. The van der Waals surface area contributed by atoms with Gasteiger partial charge in [0.15, 0.2) is 23.7 Å². The number of ether oxygens (including phenoxy) is 4. The number of carbonyl (C=O) groups excluding carboxylic acids is 2. The number of methoxy groups -OCH3 is 1. The molecule has 10 nitrogen and oxygen atoms in total. The van der Waals surface area contributed by atoms with Crippen molar-refractivity contribution < 1.29 is 49.0 Å². The van der Waals surface area contributed by atoms with Crippen molar-refractivity contribution in [2.75, 3.05) is 13.7 Å². The molecule has 5 unspecified atom stereocenters. The molecule has 2 heterocycles. The van der Waals surface area contributed by atoms with Gasteiger partial charge in [0.2, 0.25) is 5.75 Å². The summed E-state index contributed by atoms with van der Waals surface area (Å²) in [5.74, 6) is -2.81. The van der Waals surface area contributed by atoms with Crippen LogP contribution in [0.2, 0.25) is 0 Å². The Balaban J connectivity index is 2.08. The molecular formula is C18H22O10. The average Bonchev–Trinajstić information content (AvgIpc) is 2.65. The molecular weight excluding hydrogens is 376 g/mol. The van der Waals surface area contributed by atoms with Gasteiger partial charge in [0, 0.05) is 12.0 Å². The third kappa shape index (κ3) is 3.23. The fourth-order valence-corrected chi connectivity index (χ4v) is 3.48.